The van der Waals surface area contributed by atoms with Gasteiger partial charge in [-0.15, -0.1) is 0 Å². The van der Waals surface area contributed by atoms with E-state index in [-0.39, 0.29) is 0 Å². The second-order valence-electron chi connectivity index (χ2n) is 5.45. The summed E-state index contributed by atoms with van der Waals surface area (Å²) in [5, 5.41) is 3.78. The van der Waals surface area contributed by atoms with E-state index in [1.54, 1.807) is 38.1 Å². The highest BCUT2D eigenvalue weighted by molar-refractivity contribution is 6.30. The molecule has 1 aromatic carbocycles. The van der Waals surface area contributed by atoms with E-state index >= 15 is 0 Å². The van der Waals surface area contributed by atoms with Crippen molar-refractivity contribution in [2.75, 3.05) is 0 Å². The average molecular weight is 340 g/mol. The molecule has 0 aromatic heterocycles. The molecule has 124 valence electrons. The topological polar surface area (TPSA) is 87.7 Å². The summed E-state index contributed by atoms with van der Waals surface area (Å²) in [5.41, 5.74) is 1.27. The minimum Gasteiger partial charge on any atom is -0.481 e. The summed E-state index contributed by atoms with van der Waals surface area (Å²) in [6.45, 7) is 4.89. The molecule has 1 aromatic rings. The number of carbonyl (C=O) groups is 3. The number of hydrogen-bond donors (Lipinski definition) is 2. The van der Waals surface area contributed by atoms with Crippen molar-refractivity contribution in [1.29, 1.82) is 0 Å². The molecular formula is C15H18ClN3O4. The Morgan fingerprint density at radius 3 is 2.52 bits per heavy atom. The van der Waals surface area contributed by atoms with Crippen molar-refractivity contribution in [3.05, 3.63) is 29.3 Å². The molecule has 2 rings (SSSR count). The monoisotopic (exact) mass is 339 g/mol. The number of carbonyl (C=O) groups excluding carboxylic acids is 3. The number of imide groups is 1. The standard InChI is InChI=1S/C15H18ClN3O4/c1-4-15(3)13(21)19(14(22)17-15)18-12(20)9(2)23-11-7-5-10(16)6-8-11/h5-9H,4H2,1-3H3,(H,17,22)(H,18,20)/t9-,15?/m0/s1. The summed E-state index contributed by atoms with van der Waals surface area (Å²) in [7, 11) is 0. The third kappa shape index (κ3) is 3.56. The molecule has 1 aliphatic heterocycles. The molecule has 1 unspecified atom stereocenters. The second-order valence-corrected chi connectivity index (χ2v) is 5.88. The van der Waals surface area contributed by atoms with Crippen LogP contribution in [0.25, 0.3) is 0 Å². The highest BCUT2D eigenvalue weighted by Crippen LogP contribution is 2.20. The first-order valence-corrected chi connectivity index (χ1v) is 7.54. The first kappa shape index (κ1) is 17.1. The van der Waals surface area contributed by atoms with Gasteiger partial charge in [0.1, 0.15) is 11.3 Å². The quantitative estimate of drug-likeness (QED) is 0.801. The van der Waals surface area contributed by atoms with Crippen LogP contribution in [0.15, 0.2) is 24.3 Å². The highest BCUT2D eigenvalue weighted by Gasteiger charge is 2.47. The molecule has 0 spiro atoms. The van der Waals surface area contributed by atoms with E-state index in [1.165, 1.54) is 6.92 Å². The fraction of sp³-hybridized carbons (Fsp3) is 0.400. The van der Waals surface area contributed by atoms with E-state index in [4.69, 9.17) is 16.3 Å². The minimum atomic E-state index is -1.01. The van der Waals surface area contributed by atoms with E-state index in [9.17, 15) is 14.4 Å². The zero-order valence-corrected chi connectivity index (χ0v) is 13.8. The summed E-state index contributed by atoms with van der Waals surface area (Å²) in [6.07, 6.45) is -0.480. The first-order chi connectivity index (χ1) is 10.8. The molecule has 2 atom stereocenters. The van der Waals surface area contributed by atoms with Crippen molar-refractivity contribution in [3.63, 3.8) is 0 Å². The Labute approximate surface area is 138 Å². The predicted molar refractivity (Wildman–Crippen MR) is 83.8 cm³/mol. The van der Waals surface area contributed by atoms with E-state index in [2.05, 4.69) is 10.7 Å². The maximum Gasteiger partial charge on any atom is 0.344 e. The second kappa shape index (κ2) is 6.45. The lowest BCUT2D eigenvalue weighted by molar-refractivity contribution is -0.141. The number of hydrazine groups is 1. The number of urea groups is 1. The van der Waals surface area contributed by atoms with Crippen LogP contribution in [0.4, 0.5) is 4.79 Å². The summed E-state index contributed by atoms with van der Waals surface area (Å²) < 4.78 is 5.45. The first-order valence-electron chi connectivity index (χ1n) is 7.16. The van der Waals surface area contributed by atoms with Crippen LogP contribution in [0, 0.1) is 0 Å². The van der Waals surface area contributed by atoms with Gasteiger partial charge in [-0.05, 0) is 44.5 Å². The zero-order chi connectivity index (χ0) is 17.2. The smallest absolute Gasteiger partial charge is 0.344 e. The lowest BCUT2D eigenvalue weighted by Gasteiger charge is -2.21. The van der Waals surface area contributed by atoms with Gasteiger partial charge in [0.15, 0.2) is 6.10 Å². The minimum absolute atomic E-state index is 0.417. The molecular weight excluding hydrogens is 322 g/mol. The van der Waals surface area contributed by atoms with Crippen molar-refractivity contribution in [3.8, 4) is 5.75 Å². The van der Waals surface area contributed by atoms with Crippen LogP contribution in [0.5, 0.6) is 5.75 Å². The molecule has 2 N–H and O–H groups in total. The maximum atomic E-state index is 12.2. The molecule has 1 aliphatic rings. The van der Waals surface area contributed by atoms with Crippen molar-refractivity contribution in [1.82, 2.24) is 15.8 Å². The fourth-order valence-electron chi connectivity index (χ4n) is 2.00. The number of nitrogens with zero attached hydrogens (tertiary/aromatic N) is 1. The number of halogens is 1. The molecule has 0 radical (unpaired) electrons. The van der Waals surface area contributed by atoms with Gasteiger partial charge >= 0.3 is 6.03 Å². The maximum absolute atomic E-state index is 12.2. The number of benzene rings is 1. The molecule has 0 bridgehead atoms. The Morgan fingerprint density at radius 1 is 1.39 bits per heavy atom. The molecule has 1 heterocycles. The van der Waals surface area contributed by atoms with E-state index in [0.717, 1.165) is 0 Å². The third-order valence-electron chi connectivity index (χ3n) is 3.69. The molecule has 23 heavy (non-hydrogen) atoms. The molecule has 7 nitrogen and oxygen atoms in total. The Hall–Kier alpha value is -2.28. The van der Waals surface area contributed by atoms with Crippen LogP contribution in [-0.4, -0.2) is 34.5 Å². The van der Waals surface area contributed by atoms with E-state index < -0.39 is 29.5 Å². The van der Waals surface area contributed by atoms with Crippen molar-refractivity contribution < 1.29 is 19.1 Å². The van der Waals surface area contributed by atoms with Crippen LogP contribution in [0.1, 0.15) is 27.2 Å². The largest absolute Gasteiger partial charge is 0.481 e. The molecule has 0 aliphatic carbocycles. The van der Waals surface area contributed by atoms with Crippen LogP contribution < -0.4 is 15.5 Å². The number of hydrogen-bond acceptors (Lipinski definition) is 4. The lowest BCUT2D eigenvalue weighted by atomic mass is 10.00. The van der Waals surface area contributed by atoms with Gasteiger partial charge in [0, 0.05) is 5.02 Å². The van der Waals surface area contributed by atoms with Gasteiger partial charge in [-0.2, -0.15) is 5.01 Å². The molecule has 4 amide bonds. The molecule has 8 heteroatoms. The van der Waals surface area contributed by atoms with Gasteiger partial charge in [0.05, 0.1) is 0 Å². The number of ether oxygens (including phenoxy) is 1. The fourth-order valence-corrected chi connectivity index (χ4v) is 2.12. The summed E-state index contributed by atoms with van der Waals surface area (Å²) in [6, 6.07) is 5.84. The van der Waals surface area contributed by atoms with Crippen molar-refractivity contribution >= 4 is 29.4 Å². The predicted octanol–water partition coefficient (Wildman–Crippen LogP) is 1.86. The average Bonchev–Trinajstić information content (AvgIpc) is 2.73. The van der Waals surface area contributed by atoms with Gasteiger partial charge in [-0.1, -0.05) is 18.5 Å². The van der Waals surface area contributed by atoms with Crippen LogP contribution in [0.2, 0.25) is 5.02 Å². The van der Waals surface area contributed by atoms with Crippen LogP contribution in [0.3, 0.4) is 0 Å². The van der Waals surface area contributed by atoms with Crippen LogP contribution in [-0.2, 0) is 9.59 Å². The number of nitrogens with one attached hydrogen (secondary N) is 2. The Bertz CT molecular complexity index is 634. The Morgan fingerprint density at radius 2 is 2.00 bits per heavy atom. The summed E-state index contributed by atoms with van der Waals surface area (Å²) >= 11 is 5.77. The highest BCUT2D eigenvalue weighted by atomic mass is 35.5. The summed E-state index contributed by atoms with van der Waals surface area (Å²) in [4.78, 5) is 36.2. The van der Waals surface area contributed by atoms with Gasteiger partial charge in [-0.25, -0.2) is 4.79 Å². The van der Waals surface area contributed by atoms with Gasteiger partial charge in [-0.3, -0.25) is 15.0 Å². The van der Waals surface area contributed by atoms with E-state index in [1.807, 2.05) is 0 Å². The van der Waals surface area contributed by atoms with Crippen LogP contribution >= 0.6 is 11.6 Å². The zero-order valence-electron chi connectivity index (χ0n) is 13.1. The van der Waals surface area contributed by atoms with Gasteiger partial charge < -0.3 is 10.1 Å². The molecule has 1 fully saturated rings. The number of amides is 4. The summed E-state index contributed by atoms with van der Waals surface area (Å²) in [5.74, 6) is -0.659. The normalized spacial score (nSPS) is 21.8. The SMILES string of the molecule is CCC1(C)NC(=O)N(NC(=O)[C@H](C)Oc2ccc(Cl)cc2)C1=O. The third-order valence-corrected chi connectivity index (χ3v) is 3.94. The van der Waals surface area contributed by atoms with Gasteiger partial charge in [0.25, 0.3) is 11.8 Å². The Balaban J connectivity index is 2.00. The van der Waals surface area contributed by atoms with Crippen molar-refractivity contribution in [2.45, 2.75) is 38.8 Å². The van der Waals surface area contributed by atoms with Gasteiger partial charge in [0.2, 0.25) is 0 Å². The lowest BCUT2D eigenvalue weighted by Crippen LogP contribution is -2.51. The van der Waals surface area contributed by atoms with E-state index in [0.29, 0.717) is 22.2 Å². The van der Waals surface area contributed by atoms with Crippen molar-refractivity contribution in [2.24, 2.45) is 0 Å². The molecule has 1 saturated heterocycles. The number of rotatable bonds is 5. The molecule has 0 saturated carbocycles. The Kier molecular flexibility index (Phi) is 4.79.